The van der Waals surface area contributed by atoms with Gasteiger partial charge in [0.2, 0.25) is 5.91 Å². The Kier molecular flexibility index (Phi) is 14.4. The maximum absolute atomic E-state index is 15.1. The summed E-state index contributed by atoms with van der Waals surface area (Å²) < 4.78 is 14.0. The molecule has 0 unspecified atom stereocenters. The van der Waals surface area contributed by atoms with Gasteiger partial charge in [-0.3, -0.25) is 14.6 Å². The van der Waals surface area contributed by atoms with Crippen LogP contribution in [0.25, 0.3) is 0 Å². The number of aliphatic imine (C=N–C) groups is 1. The number of phenols is 1. The van der Waals surface area contributed by atoms with Crippen molar-refractivity contribution >= 4 is 39.4 Å². The van der Waals surface area contributed by atoms with Crippen LogP contribution in [0.2, 0.25) is 0 Å². The van der Waals surface area contributed by atoms with Crippen molar-refractivity contribution < 1.29 is 29.3 Å². The van der Waals surface area contributed by atoms with Crippen LogP contribution in [0.5, 0.6) is 11.5 Å². The zero-order valence-electron chi connectivity index (χ0n) is 52.1. The van der Waals surface area contributed by atoms with Crippen molar-refractivity contribution in [3.63, 3.8) is 0 Å². The van der Waals surface area contributed by atoms with Crippen molar-refractivity contribution in [2.75, 3.05) is 18.8 Å². The summed E-state index contributed by atoms with van der Waals surface area (Å²) in [7, 11) is 4.39. The van der Waals surface area contributed by atoms with E-state index in [1.54, 1.807) is 6.92 Å². The molecule has 11 aliphatic carbocycles. The highest BCUT2D eigenvalue weighted by atomic mass is 33.1. The summed E-state index contributed by atoms with van der Waals surface area (Å²) in [5.74, 6) is 4.46. The first kappa shape index (κ1) is 57.8. The van der Waals surface area contributed by atoms with Crippen molar-refractivity contribution in [1.29, 1.82) is 0 Å². The number of aliphatic hydroxyl groups is 1. The summed E-state index contributed by atoms with van der Waals surface area (Å²) in [5, 5.41) is 30.1. The van der Waals surface area contributed by atoms with E-state index in [1.807, 2.05) is 0 Å². The Bertz CT molecular complexity index is 3020. The molecule has 10 bridgehead atoms. The molecule has 2 aromatic carbocycles. The number of guanidine groups is 1. The van der Waals surface area contributed by atoms with E-state index in [0.29, 0.717) is 84.5 Å². The second-order valence-electron chi connectivity index (χ2n) is 32.5. The largest absolute Gasteiger partial charge is 0.504 e. The molecule has 11 fully saturated rings. The third-order valence-corrected chi connectivity index (χ3v) is 32.6. The van der Waals surface area contributed by atoms with E-state index < -0.39 is 17.3 Å². The number of nitrogens with two attached hydrogens (primary N) is 1. The number of fused-ring (bicyclic) bond motifs is 2. The smallest absolute Gasteiger partial charge is 0.303 e. The number of carbonyl (C=O) groups is 2. The Balaban J connectivity index is 0.796. The number of rotatable bonds is 2. The molecule has 0 radical (unpaired) electrons. The van der Waals surface area contributed by atoms with Gasteiger partial charge in [-0.15, -0.1) is 0 Å². The van der Waals surface area contributed by atoms with Gasteiger partial charge >= 0.3 is 5.97 Å². The van der Waals surface area contributed by atoms with Crippen LogP contribution in [0.4, 0.5) is 0 Å². The zero-order valence-corrected chi connectivity index (χ0v) is 53.8. The lowest BCUT2D eigenvalue weighted by Crippen LogP contribution is -2.56. The molecule has 10 saturated carbocycles. The van der Waals surface area contributed by atoms with Gasteiger partial charge < -0.3 is 35.6 Å². The van der Waals surface area contributed by atoms with Gasteiger partial charge in [0.1, 0.15) is 16.1 Å². The minimum Gasteiger partial charge on any atom is -0.504 e. The van der Waals surface area contributed by atoms with Crippen LogP contribution in [0.3, 0.4) is 0 Å². The number of ether oxygens (including phenoxy) is 2. The molecule has 2 aromatic rings. The number of benzene rings is 2. The van der Waals surface area contributed by atoms with Crippen molar-refractivity contribution in [2.24, 2.45) is 72.8 Å². The zero-order chi connectivity index (χ0) is 58.4. The highest BCUT2D eigenvalue weighted by molar-refractivity contribution is 8.77. The van der Waals surface area contributed by atoms with Crippen LogP contribution in [-0.2, 0) is 27.3 Å². The van der Waals surface area contributed by atoms with Crippen LogP contribution >= 0.6 is 21.6 Å². The molecule has 19 rings (SSSR count). The summed E-state index contributed by atoms with van der Waals surface area (Å²) in [6.45, 7) is 3.02. The molecule has 17 aliphatic rings. The maximum atomic E-state index is 15.1. The van der Waals surface area contributed by atoms with Gasteiger partial charge in [0.15, 0.2) is 17.5 Å². The van der Waals surface area contributed by atoms with Crippen molar-refractivity contribution in [3.8, 4) is 11.5 Å². The van der Waals surface area contributed by atoms with Crippen LogP contribution in [0, 0.1) is 62.1 Å². The number of aryl methyl sites for hydroxylation is 1. The summed E-state index contributed by atoms with van der Waals surface area (Å²) in [6.07, 6.45) is 44.7. The second kappa shape index (κ2) is 21.4. The van der Waals surface area contributed by atoms with E-state index in [-0.39, 0.29) is 69.0 Å². The highest BCUT2D eigenvalue weighted by Gasteiger charge is 2.73. The number of nitrogens with zero attached hydrogens (tertiary/aromatic N) is 2. The minimum atomic E-state index is -0.813. The van der Waals surface area contributed by atoms with E-state index >= 15 is 4.79 Å². The molecule has 6 heterocycles. The molecule has 86 heavy (non-hydrogen) atoms. The van der Waals surface area contributed by atoms with Gasteiger partial charge in [0.05, 0.1) is 6.10 Å². The number of allylic oxidation sites excluding steroid dienone is 1. The molecular weight excluding hydrogens is 1100 g/mol. The average Bonchev–Trinajstić information content (AvgIpc) is 1.51. The third-order valence-electron chi connectivity index (χ3n) is 29.3. The molecule has 1 amide bonds. The lowest BCUT2D eigenvalue weighted by Gasteiger charge is -2.60. The van der Waals surface area contributed by atoms with E-state index in [0.717, 1.165) is 74.5 Å². The van der Waals surface area contributed by atoms with Crippen molar-refractivity contribution in [1.82, 2.24) is 10.2 Å². The number of aromatic hydroxyl groups is 1. The van der Waals surface area contributed by atoms with Gasteiger partial charge in [-0.25, -0.2) is 0 Å². The highest BCUT2D eigenvalue weighted by Crippen LogP contribution is 2.82. The topological polar surface area (TPSA) is 147 Å². The first-order chi connectivity index (χ1) is 41.7. The lowest BCUT2D eigenvalue weighted by molar-refractivity contribution is -0.173. The second-order valence-corrected chi connectivity index (χ2v) is 35.2. The van der Waals surface area contributed by atoms with Crippen molar-refractivity contribution in [3.05, 3.63) is 70.8 Å². The summed E-state index contributed by atoms with van der Waals surface area (Å²) in [4.78, 5) is 36.0. The molecule has 6 aliphatic heterocycles. The lowest BCUT2D eigenvalue weighted by atomic mass is 9.45. The van der Waals surface area contributed by atoms with Gasteiger partial charge in [-0.1, -0.05) is 96.5 Å². The molecule has 1 saturated heterocycles. The van der Waals surface area contributed by atoms with Gasteiger partial charge in [-0.05, 0) is 248 Å². The summed E-state index contributed by atoms with van der Waals surface area (Å²) in [6, 6.07) is 13.1. The Morgan fingerprint density at radius 2 is 1.57 bits per heavy atom. The maximum Gasteiger partial charge on any atom is 0.303 e. The third kappa shape index (κ3) is 8.83. The Labute approximate surface area is 522 Å². The van der Waals surface area contributed by atoms with Gasteiger partial charge in [-0.2, -0.15) is 0 Å². The number of hydrogen-bond donors (Lipinski definition) is 4. The molecule has 8 spiro atoms. The number of esters is 1. The number of nitrogens with one attached hydrogen (secondary N) is 1. The quantitative estimate of drug-likeness (QED) is 0.130. The monoisotopic (exact) mass is 1210 g/mol. The van der Waals surface area contributed by atoms with Crippen LogP contribution in [-0.4, -0.2) is 74.0 Å². The van der Waals surface area contributed by atoms with E-state index in [1.165, 1.54) is 153 Å². The van der Waals surface area contributed by atoms with E-state index in [2.05, 4.69) is 80.4 Å². The molecule has 12 heteroatoms. The average molecular weight is 1210 g/mol. The molecule has 0 aromatic heterocycles. The SMILES string of the molecule is CC(=O)O[C@@]12CCc3cc(c(O)c4c3[C@H]3C=C[C@@]5(CCC[C@@H]5C3)O4)CN3C[C@]4(CC3=O)[C@H](CC[C@H]4c3ccccc3)CN=C(N)N[C@@]3(CCCC34CCCC4)SSC[C@H]3CC[C@H](C[C@@]34CC[C@]3(CCC5(CCCC5)C3)C43CCCC3)[C@@H](CC1)[C@H](O)C2. The van der Waals surface area contributed by atoms with Crippen LogP contribution < -0.4 is 15.8 Å². The molecule has 10 nitrogen and oxygen atoms in total. The number of phenolic OH excluding ortho intramolecular Hbond substituents is 1. The first-order valence-corrected chi connectivity index (χ1v) is 37.8. The first-order valence-electron chi connectivity index (χ1n) is 35.5. The fourth-order valence-electron chi connectivity index (χ4n) is 25.6. The standard InChI is InChI=1S/C74H102N4O6S2/c1-49(79)83-69-32-20-51-39-54(63(82)64-62(51)52-21-34-72(84-64)28-11-15-55(72)40-52)45-78-48-70(43-61(78)81)56(18-19-59(70)50-13-3-2-4-14-50)44-76-65(75)77-74(31-12-27-67(74)25-7-8-26-67)86-85-46-57-17-16-53(58(22-33-69)60(80)42-69)41-71(57)38-37-68(73(71)29-9-10-30-73)36-35-66(47-68)23-5-6-24-66/h2-4,13-14,21,34,39,52-53,55-60,80,82H,5-12,15-20,22-33,35-38,40-48H2,1H3,(H3,75,76,77)/t52-,53+,55+,56+,57+,58+,59-,60+,68-,69-,70+,71-,72+,74-/m0/s1. The number of hydrogen-bond acceptors (Lipinski definition) is 11. The van der Waals surface area contributed by atoms with E-state index in [4.69, 9.17) is 20.2 Å². The fourth-order valence-corrected chi connectivity index (χ4v) is 29.6. The van der Waals surface area contributed by atoms with Gasteiger partial charge in [0.25, 0.3) is 0 Å². The number of carbonyl (C=O) groups excluding carboxylic acids is 2. The summed E-state index contributed by atoms with van der Waals surface area (Å²) in [5.41, 5.74) is 11.8. The Hall–Kier alpha value is -3.35. The normalized spacial score (nSPS) is 42.7. The molecule has 5 N–H and O–H groups in total. The predicted molar refractivity (Wildman–Crippen MR) is 344 cm³/mol. The number of aliphatic hydroxyl groups excluding tert-OH is 1. The summed E-state index contributed by atoms with van der Waals surface area (Å²) >= 11 is 0. The molecular formula is C74H102N4O6S2. The van der Waals surface area contributed by atoms with Crippen LogP contribution in [0.1, 0.15) is 259 Å². The fraction of sp³-hybridized carbons (Fsp3) is 0.770. The Morgan fingerprint density at radius 3 is 2.38 bits per heavy atom. The van der Waals surface area contributed by atoms with Gasteiger partial charge in [0, 0.05) is 78.9 Å². The predicted octanol–water partition coefficient (Wildman–Crippen LogP) is 15.9. The Morgan fingerprint density at radius 1 is 0.791 bits per heavy atom. The minimum absolute atomic E-state index is 0.0903. The van der Waals surface area contributed by atoms with Crippen LogP contribution in [0.15, 0.2) is 53.5 Å². The molecule has 14 atom stereocenters. The number of amides is 1. The molecule has 466 valence electrons. The van der Waals surface area contributed by atoms with E-state index in [9.17, 15) is 15.0 Å². The van der Waals surface area contributed by atoms with Crippen molar-refractivity contribution in [2.45, 2.75) is 272 Å².